The van der Waals surface area contributed by atoms with Crippen molar-refractivity contribution in [1.29, 1.82) is 0 Å². The van der Waals surface area contributed by atoms with E-state index in [9.17, 15) is 9.90 Å². The van der Waals surface area contributed by atoms with Gasteiger partial charge in [-0.15, -0.1) is 0 Å². The molecule has 0 amide bonds. The lowest BCUT2D eigenvalue weighted by Crippen LogP contribution is -2.48. The summed E-state index contributed by atoms with van der Waals surface area (Å²) in [6.45, 7) is 5.93. The van der Waals surface area contributed by atoms with Crippen LogP contribution in [0.5, 0.6) is 0 Å². The molecule has 0 aromatic heterocycles. The Hall–Kier alpha value is -0.570. The second kappa shape index (κ2) is 3.03. The van der Waals surface area contributed by atoms with E-state index in [2.05, 4.69) is 0 Å². The number of rotatable bonds is 3. The normalized spacial score (nSPS) is 53.3. The Kier molecular flexibility index (Phi) is 1.94. The van der Waals surface area contributed by atoms with E-state index in [1.54, 1.807) is 0 Å². The van der Waals surface area contributed by atoms with Gasteiger partial charge in [-0.3, -0.25) is 4.79 Å². The van der Waals surface area contributed by atoms with E-state index >= 15 is 0 Å². The summed E-state index contributed by atoms with van der Waals surface area (Å²) in [7, 11) is 0. The number of esters is 1. The average Bonchev–Trinajstić information content (AvgIpc) is 2.87. The molecular weight excluding hydrogens is 240 g/mol. The molecule has 4 aliphatic carbocycles. The maximum Gasteiger partial charge on any atom is 0.312 e. The fourth-order valence-electron chi connectivity index (χ4n) is 5.32. The van der Waals surface area contributed by atoms with Gasteiger partial charge in [0.15, 0.2) is 0 Å². The quantitative estimate of drug-likeness (QED) is 0.797. The van der Waals surface area contributed by atoms with Crippen LogP contribution in [0.4, 0.5) is 0 Å². The van der Waals surface area contributed by atoms with E-state index in [1.807, 2.05) is 20.8 Å². The van der Waals surface area contributed by atoms with Crippen molar-refractivity contribution in [2.45, 2.75) is 70.5 Å². The van der Waals surface area contributed by atoms with Crippen molar-refractivity contribution in [3.8, 4) is 0 Å². The number of aliphatic hydroxyl groups is 1. The van der Waals surface area contributed by atoms with Gasteiger partial charge in [0.1, 0.15) is 5.60 Å². The van der Waals surface area contributed by atoms with Crippen LogP contribution in [-0.4, -0.2) is 22.3 Å². The minimum Gasteiger partial charge on any atom is -0.459 e. The largest absolute Gasteiger partial charge is 0.459 e. The summed E-state index contributed by atoms with van der Waals surface area (Å²) in [5.74, 6) is 1.26. The highest BCUT2D eigenvalue weighted by molar-refractivity contribution is 5.76. The summed E-state index contributed by atoms with van der Waals surface area (Å²) < 4.78 is 5.98. The van der Waals surface area contributed by atoms with Gasteiger partial charge in [0.25, 0.3) is 0 Å². The highest BCUT2D eigenvalue weighted by atomic mass is 16.6. The first kappa shape index (κ1) is 12.2. The number of hydrogen-bond donors (Lipinski definition) is 1. The van der Waals surface area contributed by atoms with Gasteiger partial charge in [-0.25, -0.2) is 0 Å². The van der Waals surface area contributed by atoms with Crippen LogP contribution in [0.3, 0.4) is 0 Å². The van der Waals surface area contributed by atoms with Gasteiger partial charge in [-0.2, -0.15) is 0 Å². The summed E-state index contributed by atoms with van der Waals surface area (Å²) in [5, 5.41) is 10.7. The Labute approximate surface area is 114 Å². The summed E-state index contributed by atoms with van der Waals surface area (Å²) >= 11 is 0. The first-order valence-electron chi connectivity index (χ1n) is 7.72. The molecule has 0 aromatic rings. The predicted molar refractivity (Wildman–Crippen MR) is 70.3 cm³/mol. The molecule has 0 radical (unpaired) electrons. The minimum absolute atomic E-state index is 0.0759. The van der Waals surface area contributed by atoms with Crippen LogP contribution in [0.15, 0.2) is 0 Å². The topological polar surface area (TPSA) is 46.5 Å². The van der Waals surface area contributed by atoms with Gasteiger partial charge in [0.05, 0.1) is 11.0 Å². The van der Waals surface area contributed by atoms with Crippen LogP contribution in [0.25, 0.3) is 0 Å². The average molecular weight is 264 g/mol. The van der Waals surface area contributed by atoms with Gasteiger partial charge in [-0.1, -0.05) is 6.92 Å². The zero-order chi connectivity index (χ0) is 13.7. The molecule has 0 aliphatic heterocycles. The molecule has 1 N–H and O–H groups in total. The lowest BCUT2D eigenvalue weighted by atomic mass is 9.60. The van der Waals surface area contributed by atoms with Crippen molar-refractivity contribution >= 4 is 5.97 Å². The maximum absolute atomic E-state index is 12.4. The molecule has 2 bridgehead atoms. The van der Waals surface area contributed by atoms with Crippen molar-refractivity contribution < 1.29 is 14.6 Å². The summed E-state index contributed by atoms with van der Waals surface area (Å²) in [6.07, 6.45) is 5.61. The third-order valence-electron chi connectivity index (χ3n) is 6.90. The Bertz CT molecular complexity index is 471. The van der Waals surface area contributed by atoms with E-state index in [4.69, 9.17) is 4.74 Å². The van der Waals surface area contributed by atoms with E-state index in [0.29, 0.717) is 18.3 Å². The fourth-order valence-corrected chi connectivity index (χ4v) is 5.32. The molecule has 4 aliphatic rings. The van der Waals surface area contributed by atoms with Crippen LogP contribution in [0.2, 0.25) is 0 Å². The molecule has 0 heterocycles. The van der Waals surface area contributed by atoms with Crippen molar-refractivity contribution in [1.82, 2.24) is 0 Å². The van der Waals surface area contributed by atoms with Crippen LogP contribution in [-0.2, 0) is 9.53 Å². The Balaban J connectivity index is 1.58. The highest BCUT2D eigenvalue weighted by Gasteiger charge is 2.84. The third-order valence-corrected chi connectivity index (χ3v) is 6.90. The maximum atomic E-state index is 12.4. The Morgan fingerprint density at radius 3 is 2.74 bits per heavy atom. The van der Waals surface area contributed by atoms with Crippen LogP contribution in [0.1, 0.15) is 59.3 Å². The second-order valence-corrected chi connectivity index (χ2v) is 8.33. The second-order valence-electron chi connectivity index (χ2n) is 8.33. The molecular formula is C16H24O3. The summed E-state index contributed by atoms with van der Waals surface area (Å²) in [4.78, 5) is 12.4. The van der Waals surface area contributed by atoms with Crippen LogP contribution < -0.4 is 0 Å². The molecule has 0 aromatic carbocycles. The molecule has 0 saturated heterocycles. The SMILES string of the molecule is CCC(C)(C)C(=O)OC12CC3CC4(CC4(O)C1)C3C2. The van der Waals surface area contributed by atoms with Crippen LogP contribution >= 0.6 is 0 Å². The number of hydrogen-bond acceptors (Lipinski definition) is 3. The predicted octanol–water partition coefficient (Wildman–Crippen LogP) is 2.66. The van der Waals surface area contributed by atoms with Crippen LogP contribution in [0, 0.1) is 22.7 Å². The Morgan fingerprint density at radius 1 is 1.32 bits per heavy atom. The molecule has 5 unspecified atom stereocenters. The minimum atomic E-state index is -0.500. The summed E-state index contributed by atoms with van der Waals surface area (Å²) in [6, 6.07) is 0. The lowest BCUT2D eigenvalue weighted by Gasteiger charge is -2.46. The van der Waals surface area contributed by atoms with Gasteiger partial charge in [-0.05, 0) is 57.8 Å². The molecule has 4 rings (SSSR count). The standard InChI is InChI=1S/C16H24O3/c1-4-13(2,3)12(17)19-14-5-10-6-15(11(10)7-14)9-16(15,18)8-14/h10-11,18H,4-9H2,1-3H3. The van der Waals surface area contributed by atoms with E-state index in [1.165, 1.54) is 6.42 Å². The lowest BCUT2D eigenvalue weighted by molar-refractivity contribution is -0.178. The Morgan fingerprint density at radius 2 is 2.05 bits per heavy atom. The molecule has 19 heavy (non-hydrogen) atoms. The molecule has 5 atom stereocenters. The number of carbonyl (C=O) groups is 1. The zero-order valence-electron chi connectivity index (χ0n) is 12.2. The third kappa shape index (κ3) is 1.26. The monoisotopic (exact) mass is 264 g/mol. The van der Waals surface area contributed by atoms with E-state index in [-0.39, 0.29) is 17.0 Å². The number of fused-ring (bicyclic) bond motifs is 1. The van der Waals surface area contributed by atoms with Crippen molar-refractivity contribution in [2.75, 3.05) is 0 Å². The van der Waals surface area contributed by atoms with Gasteiger partial charge < -0.3 is 9.84 Å². The van der Waals surface area contributed by atoms with Crippen molar-refractivity contribution in [2.24, 2.45) is 22.7 Å². The summed E-state index contributed by atoms with van der Waals surface area (Å²) in [5.41, 5.74) is -1.01. The number of ether oxygens (including phenoxy) is 1. The zero-order valence-corrected chi connectivity index (χ0v) is 12.2. The fraction of sp³-hybridized carbons (Fsp3) is 0.938. The van der Waals surface area contributed by atoms with Crippen molar-refractivity contribution in [3.05, 3.63) is 0 Å². The molecule has 3 nitrogen and oxygen atoms in total. The smallest absolute Gasteiger partial charge is 0.312 e. The first-order valence-corrected chi connectivity index (χ1v) is 7.72. The van der Waals surface area contributed by atoms with Gasteiger partial charge >= 0.3 is 5.97 Å². The van der Waals surface area contributed by atoms with Crippen molar-refractivity contribution in [3.63, 3.8) is 0 Å². The first-order chi connectivity index (χ1) is 8.76. The van der Waals surface area contributed by atoms with Gasteiger partial charge in [0, 0.05) is 11.8 Å². The highest BCUT2D eigenvalue weighted by Crippen LogP contribution is 2.84. The van der Waals surface area contributed by atoms with Gasteiger partial charge in [0.2, 0.25) is 0 Å². The van der Waals surface area contributed by atoms with E-state index < -0.39 is 11.0 Å². The molecule has 4 fully saturated rings. The molecule has 106 valence electrons. The molecule has 3 heteroatoms. The molecule has 4 saturated carbocycles. The molecule has 1 spiro atoms. The number of carbonyl (C=O) groups excluding carboxylic acids is 1. The van der Waals surface area contributed by atoms with E-state index in [0.717, 1.165) is 25.7 Å².